The topological polar surface area (TPSA) is 32.3 Å². The number of piperidine rings is 1. The van der Waals surface area contributed by atoms with Crippen molar-refractivity contribution in [2.45, 2.75) is 38.7 Å². The Morgan fingerprint density at radius 1 is 1.35 bits per heavy atom. The van der Waals surface area contributed by atoms with Crippen molar-refractivity contribution in [2.24, 2.45) is 11.8 Å². The van der Waals surface area contributed by atoms with E-state index in [0.29, 0.717) is 24.9 Å². The van der Waals surface area contributed by atoms with Gasteiger partial charge in [-0.2, -0.15) is 0 Å². The molecule has 1 amide bonds. The monoisotopic (exact) mass is 246 g/mol. The molecule has 3 atom stereocenters. The summed E-state index contributed by atoms with van der Waals surface area (Å²) in [5.74, 6) is -1.82. The van der Waals surface area contributed by atoms with Crippen molar-refractivity contribution in [1.29, 1.82) is 0 Å². The third kappa shape index (κ3) is 2.76. The van der Waals surface area contributed by atoms with Crippen molar-refractivity contribution in [1.82, 2.24) is 10.2 Å². The summed E-state index contributed by atoms with van der Waals surface area (Å²) in [6.07, 6.45) is 0.613. The molecule has 2 fully saturated rings. The number of carbonyl (C=O) groups excluding carboxylic acids is 1. The molecule has 5 heteroatoms. The van der Waals surface area contributed by atoms with Gasteiger partial charge in [0.05, 0.1) is 12.6 Å². The largest absolute Gasteiger partial charge is 0.341 e. The minimum Gasteiger partial charge on any atom is -0.341 e. The van der Waals surface area contributed by atoms with E-state index in [1.54, 1.807) is 4.90 Å². The number of hydrogen-bond acceptors (Lipinski definition) is 2. The lowest BCUT2D eigenvalue weighted by Gasteiger charge is -2.36. The fourth-order valence-electron chi connectivity index (χ4n) is 2.57. The van der Waals surface area contributed by atoms with Crippen molar-refractivity contribution < 1.29 is 13.6 Å². The highest BCUT2D eigenvalue weighted by atomic mass is 19.3. The standard InChI is InChI=1S/C12H20F2N2O/c1-8-3-4-16(6-9(8)2)11(17)10-5-12(13,14)7-15-10/h8-10,15H,3-7H2,1-2H3. The van der Waals surface area contributed by atoms with Crippen LogP contribution in [0, 0.1) is 11.8 Å². The van der Waals surface area contributed by atoms with E-state index in [1.165, 1.54) is 0 Å². The molecule has 2 aliphatic rings. The molecule has 0 saturated carbocycles. The van der Waals surface area contributed by atoms with Gasteiger partial charge in [-0.15, -0.1) is 0 Å². The minimum absolute atomic E-state index is 0.152. The van der Waals surface area contributed by atoms with E-state index in [4.69, 9.17) is 0 Å². The van der Waals surface area contributed by atoms with E-state index in [1.807, 2.05) is 0 Å². The smallest absolute Gasteiger partial charge is 0.262 e. The Hall–Kier alpha value is -0.710. The van der Waals surface area contributed by atoms with Crippen LogP contribution < -0.4 is 5.32 Å². The lowest BCUT2D eigenvalue weighted by atomic mass is 9.88. The van der Waals surface area contributed by atoms with Crippen LogP contribution >= 0.6 is 0 Å². The van der Waals surface area contributed by atoms with Gasteiger partial charge in [0.15, 0.2) is 0 Å². The van der Waals surface area contributed by atoms with Gasteiger partial charge in [-0.25, -0.2) is 8.78 Å². The molecule has 0 aromatic carbocycles. The molecule has 2 rings (SSSR count). The summed E-state index contributed by atoms with van der Waals surface area (Å²) in [5.41, 5.74) is 0. The summed E-state index contributed by atoms with van der Waals surface area (Å²) in [4.78, 5) is 13.8. The average molecular weight is 246 g/mol. The Morgan fingerprint density at radius 3 is 2.59 bits per heavy atom. The molecule has 0 bridgehead atoms. The van der Waals surface area contributed by atoms with Crippen LogP contribution in [0.4, 0.5) is 8.78 Å². The maximum Gasteiger partial charge on any atom is 0.262 e. The highest BCUT2D eigenvalue weighted by Gasteiger charge is 2.44. The van der Waals surface area contributed by atoms with Crippen LogP contribution in [0.5, 0.6) is 0 Å². The summed E-state index contributed by atoms with van der Waals surface area (Å²) >= 11 is 0. The first-order valence-corrected chi connectivity index (χ1v) is 6.29. The summed E-state index contributed by atoms with van der Waals surface area (Å²) < 4.78 is 26.1. The number of amides is 1. The van der Waals surface area contributed by atoms with Gasteiger partial charge < -0.3 is 4.90 Å². The SMILES string of the molecule is CC1CCN(C(=O)C2CC(F)(F)CN2)CC1C. The van der Waals surface area contributed by atoms with Crippen LogP contribution in [0.3, 0.4) is 0 Å². The second kappa shape index (κ2) is 4.52. The van der Waals surface area contributed by atoms with Gasteiger partial charge >= 0.3 is 0 Å². The molecule has 2 saturated heterocycles. The summed E-state index contributed by atoms with van der Waals surface area (Å²) in [6.45, 7) is 5.32. The van der Waals surface area contributed by atoms with Gasteiger partial charge in [0.25, 0.3) is 5.92 Å². The van der Waals surface area contributed by atoms with Crippen molar-refractivity contribution >= 4 is 5.91 Å². The second-order valence-corrected chi connectivity index (χ2v) is 5.52. The third-order valence-corrected chi connectivity index (χ3v) is 4.05. The van der Waals surface area contributed by atoms with Crippen LogP contribution in [0.1, 0.15) is 26.7 Å². The van der Waals surface area contributed by atoms with Crippen molar-refractivity contribution in [3.63, 3.8) is 0 Å². The van der Waals surface area contributed by atoms with Gasteiger partial charge in [0.1, 0.15) is 0 Å². The van der Waals surface area contributed by atoms with E-state index in [0.717, 1.165) is 6.42 Å². The first kappa shape index (κ1) is 12.7. The lowest BCUT2D eigenvalue weighted by Crippen LogP contribution is -2.49. The van der Waals surface area contributed by atoms with Crippen molar-refractivity contribution in [3.8, 4) is 0 Å². The first-order chi connectivity index (χ1) is 7.89. The molecule has 1 N–H and O–H groups in total. The number of likely N-dealkylation sites (tertiary alicyclic amines) is 1. The van der Waals surface area contributed by atoms with E-state index >= 15 is 0 Å². The summed E-state index contributed by atoms with van der Waals surface area (Å²) in [5, 5.41) is 2.63. The molecule has 0 aliphatic carbocycles. The fourth-order valence-corrected chi connectivity index (χ4v) is 2.57. The minimum atomic E-state index is -2.73. The molecular weight excluding hydrogens is 226 g/mol. The predicted octanol–water partition coefficient (Wildman–Crippen LogP) is 1.49. The molecule has 98 valence electrons. The number of nitrogens with zero attached hydrogens (tertiary/aromatic N) is 1. The van der Waals surface area contributed by atoms with Crippen LogP contribution in [0.15, 0.2) is 0 Å². The maximum absolute atomic E-state index is 13.0. The maximum atomic E-state index is 13.0. The zero-order valence-electron chi connectivity index (χ0n) is 10.4. The van der Waals surface area contributed by atoms with Gasteiger partial charge in [0.2, 0.25) is 5.91 Å². The van der Waals surface area contributed by atoms with E-state index in [9.17, 15) is 13.6 Å². The number of hydrogen-bond donors (Lipinski definition) is 1. The van der Waals surface area contributed by atoms with Crippen LogP contribution in [0.25, 0.3) is 0 Å². The molecule has 0 aromatic rings. The summed E-state index contributed by atoms with van der Waals surface area (Å²) in [6, 6.07) is -0.689. The Labute approximate surface area is 101 Å². The lowest BCUT2D eigenvalue weighted by molar-refractivity contribution is -0.136. The molecule has 3 unspecified atom stereocenters. The molecule has 0 spiro atoms. The Morgan fingerprint density at radius 2 is 2.06 bits per heavy atom. The number of carbonyl (C=O) groups is 1. The Kier molecular flexibility index (Phi) is 3.39. The Balaban J connectivity index is 1.93. The van der Waals surface area contributed by atoms with E-state index in [-0.39, 0.29) is 18.9 Å². The third-order valence-electron chi connectivity index (χ3n) is 4.05. The zero-order valence-corrected chi connectivity index (χ0v) is 10.4. The highest BCUT2D eigenvalue weighted by molar-refractivity contribution is 5.82. The second-order valence-electron chi connectivity index (χ2n) is 5.52. The molecule has 0 aromatic heterocycles. The number of halogens is 2. The molecule has 3 nitrogen and oxygen atoms in total. The average Bonchev–Trinajstić information content (AvgIpc) is 2.62. The molecule has 0 radical (unpaired) electrons. The van der Waals surface area contributed by atoms with E-state index in [2.05, 4.69) is 19.2 Å². The van der Waals surface area contributed by atoms with E-state index < -0.39 is 12.0 Å². The molecular formula is C12H20F2N2O. The highest BCUT2D eigenvalue weighted by Crippen LogP contribution is 2.28. The van der Waals surface area contributed by atoms with Crippen molar-refractivity contribution in [2.75, 3.05) is 19.6 Å². The predicted molar refractivity (Wildman–Crippen MR) is 60.9 cm³/mol. The molecule has 17 heavy (non-hydrogen) atoms. The van der Waals surface area contributed by atoms with Gasteiger partial charge in [0, 0.05) is 19.5 Å². The quantitative estimate of drug-likeness (QED) is 0.760. The van der Waals surface area contributed by atoms with Crippen LogP contribution in [0.2, 0.25) is 0 Å². The first-order valence-electron chi connectivity index (χ1n) is 6.29. The van der Waals surface area contributed by atoms with Crippen LogP contribution in [-0.4, -0.2) is 42.4 Å². The number of rotatable bonds is 1. The fraction of sp³-hybridized carbons (Fsp3) is 0.917. The Bertz CT molecular complexity index is 309. The van der Waals surface area contributed by atoms with Gasteiger partial charge in [-0.05, 0) is 18.3 Å². The molecule has 2 aliphatic heterocycles. The summed E-state index contributed by atoms with van der Waals surface area (Å²) in [7, 11) is 0. The van der Waals surface area contributed by atoms with Crippen molar-refractivity contribution in [3.05, 3.63) is 0 Å². The van der Waals surface area contributed by atoms with Crippen LogP contribution in [-0.2, 0) is 4.79 Å². The van der Waals surface area contributed by atoms with Gasteiger partial charge in [-0.3, -0.25) is 10.1 Å². The number of nitrogens with one attached hydrogen (secondary N) is 1. The molecule has 2 heterocycles. The number of alkyl halides is 2. The zero-order chi connectivity index (χ0) is 12.6. The normalized spacial score (nSPS) is 37.2. The van der Waals surface area contributed by atoms with Gasteiger partial charge in [-0.1, -0.05) is 13.8 Å².